The minimum atomic E-state index is -2.98. The lowest BCUT2D eigenvalue weighted by Crippen LogP contribution is -2.39. The highest BCUT2D eigenvalue weighted by Gasteiger charge is 2.28. The smallest absolute Gasteiger partial charge is 0.239 e. The van der Waals surface area contributed by atoms with Gasteiger partial charge in [0.2, 0.25) is 5.91 Å². The molecule has 1 heterocycles. The molecule has 7 heteroatoms. The number of benzene rings is 1. The van der Waals surface area contributed by atoms with Crippen LogP contribution in [0.15, 0.2) is 24.3 Å². The van der Waals surface area contributed by atoms with E-state index < -0.39 is 9.84 Å². The van der Waals surface area contributed by atoms with Crippen LogP contribution in [0, 0.1) is 0 Å². The van der Waals surface area contributed by atoms with E-state index in [-0.39, 0.29) is 30.0 Å². The van der Waals surface area contributed by atoms with Crippen LogP contribution >= 0.6 is 0 Å². The van der Waals surface area contributed by atoms with Gasteiger partial charge in [-0.05, 0) is 37.0 Å². The summed E-state index contributed by atoms with van der Waals surface area (Å²) in [4.78, 5) is 12.0. The minimum Gasteiger partial charge on any atom is -0.376 e. The van der Waals surface area contributed by atoms with Crippen LogP contribution in [0.25, 0.3) is 0 Å². The van der Waals surface area contributed by atoms with E-state index in [0.717, 1.165) is 24.1 Å². The van der Waals surface area contributed by atoms with E-state index in [4.69, 9.17) is 4.74 Å². The molecule has 0 spiro atoms. The summed E-state index contributed by atoms with van der Waals surface area (Å²) >= 11 is 0. The van der Waals surface area contributed by atoms with Crippen molar-refractivity contribution in [3.63, 3.8) is 0 Å². The highest BCUT2D eigenvalue weighted by atomic mass is 32.2. The van der Waals surface area contributed by atoms with Crippen molar-refractivity contribution in [1.82, 2.24) is 5.32 Å². The lowest BCUT2D eigenvalue weighted by atomic mass is 9.98. The van der Waals surface area contributed by atoms with Crippen molar-refractivity contribution < 1.29 is 17.9 Å². The fourth-order valence-electron chi connectivity index (χ4n) is 3.59. The van der Waals surface area contributed by atoms with Crippen LogP contribution in [0.2, 0.25) is 0 Å². The summed E-state index contributed by atoms with van der Waals surface area (Å²) in [6.45, 7) is 0.718. The second kappa shape index (κ2) is 8.86. The summed E-state index contributed by atoms with van der Waals surface area (Å²) in [7, 11) is -2.98. The molecule has 1 atom stereocenters. The second-order valence-electron chi connectivity index (χ2n) is 7.29. The normalized spacial score (nSPS) is 22.8. The summed E-state index contributed by atoms with van der Waals surface area (Å²) in [5, 5.41) is 5.88. The fraction of sp³-hybridized carbons (Fsp3) is 0.632. The molecule has 1 saturated carbocycles. The third kappa shape index (κ3) is 5.99. The van der Waals surface area contributed by atoms with Crippen LogP contribution in [0.5, 0.6) is 0 Å². The summed E-state index contributed by atoms with van der Waals surface area (Å²) in [5.74, 6) is 0.0252. The van der Waals surface area contributed by atoms with Gasteiger partial charge < -0.3 is 15.4 Å². The van der Waals surface area contributed by atoms with Crippen LogP contribution in [0.3, 0.4) is 0 Å². The van der Waals surface area contributed by atoms with Crippen molar-refractivity contribution in [2.75, 3.05) is 23.4 Å². The average molecular weight is 381 g/mol. The van der Waals surface area contributed by atoms with Gasteiger partial charge in [-0.25, -0.2) is 8.42 Å². The molecule has 144 valence electrons. The Morgan fingerprint density at radius 3 is 2.69 bits per heavy atom. The van der Waals surface area contributed by atoms with E-state index in [1.807, 2.05) is 24.3 Å². The van der Waals surface area contributed by atoms with Crippen molar-refractivity contribution in [3.8, 4) is 0 Å². The third-order valence-electron chi connectivity index (χ3n) is 5.02. The van der Waals surface area contributed by atoms with Crippen LogP contribution in [-0.2, 0) is 26.0 Å². The number of amides is 1. The Bertz CT molecular complexity index is 714. The SMILES string of the molecule is O=C(CNc1cccc(COC2CCCCC2)c1)NC1CCS(=O)(=O)C1. The lowest BCUT2D eigenvalue weighted by molar-refractivity contribution is -0.119. The van der Waals surface area contributed by atoms with Crippen LogP contribution in [0.1, 0.15) is 44.1 Å². The number of ether oxygens (including phenoxy) is 1. The second-order valence-corrected chi connectivity index (χ2v) is 9.52. The summed E-state index contributed by atoms with van der Waals surface area (Å²) < 4.78 is 28.9. The number of sulfone groups is 1. The standard InChI is InChI=1S/C19H28N2O4S/c22-19(21-17-9-10-26(23,24)14-17)12-20-16-6-4-5-15(11-16)13-25-18-7-2-1-3-8-18/h4-6,11,17-18,20H,1-3,7-10,12-14H2,(H,21,22). The van der Waals surface area contributed by atoms with Gasteiger partial charge in [0.1, 0.15) is 0 Å². The van der Waals surface area contributed by atoms with Gasteiger partial charge >= 0.3 is 0 Å². The Balaban J connectivity index is 1.42. The molecule has 1 saturated heterocycles. The number of carbonyl (C=O) groups is 1. The molecule has 1 aliphatic heterocycles. The molecule has 0 radical (unpaired) electrons. The van der Waals surface area contributed by atoms with Gasteiger partial charge in [0.25, 0.3) is 0 Å². The van der Waals surface area contributed by atoms with E-state index in [0.29, 0.717) is 19.1 Å². The van der Waals surface area contributed by atoms with Crippen molar-refractivity contribution in [1.29, 1.82) is 0 Å². The molecule has 2 aliphatic rings. The Labute approximate surface area is 155 Å². The van der Waals surface area contributed by atoms with E-state index in [1.165, 1.54) is 19.3 Å². The summed E-state index contributed by atoms with van der Waals surface area (Å²) in [6.07, 6.45) is 6.99. The quantitative estimate of drug-likeness (QED) is 0.758. The molecule has 1 aromatic carbocycles. The maximum absolute atomic E-state index is 12.0. The largest absolute Gasteiger partial charge is 0.376 e. The van der Waals surface area contributed by atoms with Crippen molar-refractivity contribution in [2.45, 2.75) is 57.3 Å². The Morgan fingerprint density at radius 2 is 1.96 bits per heavy atom. The predicted octanol–water partition coefficient (Wildman–Crippen LogP) is 2.25. The van der Waals surface area contributed by atoms with Gasteiger partial charge in [0.15, 0.2) is 9.84 Å². The average Bonchev–Trinajstić information content (AvgIpc) is 2.98. The zero-order valence-electron chi connectivity index (χ0n) is 15.1. The van der Waals surface area contributed by atoms with Crippen LogP contribution in [-0.4, -0.2) is 44.5 Å². The zero-order valence-corrected chi connectivity index (χ0v) is 15.9. The minimum absolute atomic E-state index is 0.0483. The maximum atomic E-state index is 12.0. The van der Waals surface area contributed by atoms with Crippen molar-refractivity contribution in [2.24, 2.45) is 0 Å². The molecule has 1 unspecified atom stereocenters. The number of rotatable bonds is 7. The first-order chi connectivity index (χ1) is 12.5. The van der Waals surface area contributed by atoms with E-state index in [2.05, 4.69) is 10.6 Å². The van der Waals surface area contributed by atoms with Gasteiger partial charge in [-0.1, -0.05) is 31.4 Å². The number of anilines is 1. The summed E-state index contributed by atoms with van der Waals surface area (Å²) in [5.41, 5.74) is 1.95. The van der Waals surface area contributed by atoms with Gasteiger partial charge in [-0.15, -0.1) is 0 Å². The molecule has 6 nitrogen and oxygen atoms in total. The van der Waals surface area contributed by atoms with E-state index in [1.54, 1.807) is 0 Å². The molecule has 2 N–H and O–H groups in total. The molecule has 1 aromatic rings. The third-order valence-corrected chi connectivity index (χ3v) is 6.78. The molecule has 3 rings (SSSR count). The monoisotopic (exact) mass is 380 g/mol. The number of nitrogens with one attached hydrogen (secondary N) is 2. The number of carbonyl (C=O) groups excluding carboxylic acids is 1. The van der Waals surface area contributed by atoms with E-state index >= 15 is 0 Å². The molecular weight excluding hydrogens is 352 g/mol. The van der Waals surface area contributed by atoms with Gasteiger partial charge in [-0.3, -0.25) is 4.79 Å². The van der Waals surface area contributed by atoms with E-state index in [9.17, 15) is 13.2 Å². The highest BCUT2D eigenvalue weighted by Crippen LogP contribution is 2.22. The Morgan fingerprint density at radius 1 is 1.15 bits per heavy atom. The first-order valence-corrected chi connectivity index (χ1v) is 11.3. The van der Waals surface area contributed by atoms with Crippen molar-refractivity contribution in [3.05, 3.63) is 29.8 Å². The molecule has 1 amide bonds. The topological polar surface area (TPSA) is 84.5 Å². The molecule has 0 aromatic heterocycles. The van der Waals surface area contributed by atoms with Gasteiger partial charge in [-0.2, -0.15) is 0 Å². The fourth-order valence-corrected chi connectivity index (χ4v) is 5.26. The first-order valence-electron chi connectivity index (χ1n) is 9.44. The van der Waals surface area contributed by atoms with Crippen molar-refractivity contribution >= 4 is 21.4 Å². The highest BCUT2D eigenvalue weighted by molar-refractivity contribution is 7.91. The number of hydrogen-bond acceptors (Lipinski definition) is 5. The van der Waals surface area contributed by atoms with Crippen LogP contribution < -0.4 is 10.6 Å². The summed E-state index contributed by atoms with van der Waals surface area (Å²) in [6, 6.07) is 7.62. The molecule has 26 heavy (non-hydrogen) atoms. The van der Waals surface area contributed by atoms with Gasteiger partial charge in [0.05, 0.1) is 30.8 Å². The first kappa shape index (κ1) is 19.2. The maximum Gasteiger partial charge on any atom is 0.239 e. The Kier molecular flexibility index (Phi) is 6.53. The van der Waals surface area contributed by atoms with Crippen LogP contribution in [0.4, 0.5) is 5.69 Å². The molecule has 1 aliphatic carbocycles. The molecular formula is C19H28N2O4S. The molecule has 0 bridgehead atoms. The predicted molar refractivity (Wildman–Crippen MR) is 102 cm³/mol. The Hall–Kier alpha value is -1.60. The molecule has 2 fully saturated rings. The van der Waals surface area contributed by atoms with Gasteiger partial charge in [0, 0.05) is 11.7 Å². The number of hydrogen-bond donors (Lipinski definition) is 2. The lowest BCUT2D eigenvalue weighted by Gasteiger charge is -2.22. The zero-order chi connectivity index (χ0) is 18.4.